The van der Waals surface area contributed by atoms with Crippen LogP contribution < -0.4 is 14.2 Å². The predicted molar refractivity (Wildman–Crippen MR) is 130 cm³/mol. The number of nitrogens with zero attached hydrogens (tertiary/aromatic N) is 1. The SMILES string of the molecule is CCOc1cc(/C=C(\C#N)C(=O)Nc2cccc(Cl)c2)ccc1OS(=O)(=O)c1ccc(C)cc1. The van der Waals surface area contributed by atoms with Gasteiger partial charge in [0.05, 0.1) is 6.61 Å². The fourth-order valence-corrected chi connectivity index (χ4v) is 4.03. The third-order valence-corrected chi connectivity index (χ3v) is 6.02. The summed E-state index contributed by atoms with van der Waals surface area (Å²) in [6, 6.07) is 19.1. The summed E-state index contributed by atoms with van der Waals surface area (Å²) < 4.78 is 36.2. The van der Waals surface area contributed by atoms with Gasteiger partial charge < -0.3 is 14.2 Å². The lowest BCUT2D eigenvalue weighted by Crippen LogP contribution is -2.13. The largest absolute Gasteiger partial charge is 0.490 e. The summed E-state index contributed by atoms with van der Waals surface area (Å²) in [5, 5.41) is 12.5. The molecule has 0 radical (unpaired) electrons. The van der Waals surface area contributed by atoms with Gasteiger partial charge in [0.15, 0.2) is 11.5 Å². The molecule has 0 aliphatic carbocycles. The van der Waals surface area contributed by atoms with Crippen LogP contribution in [0.1, 0.15) is 18.1 Å². The number of hydrogen-bond donors (Lipinski definition) is 1. The van der Waals surface area contributed by atoms with E-state index in [1.807, 2.05) is 13.0 Å². The van der Waals surface area contributed by atoms with Gasteiger partial charge in [0.25, 0.3) is 5.91 Å². The van der Waals surface area contributed by atoms with E-state index in [1.165, 1.54) is 36.4 Å². The van der Waals surface area contributed by atoms with E-state index in [2.05, 4.69) is 5.32 Å². The molecule has 0 heterocycles. The number of anilines is 1. The lowest BCUT2D eigenvalue weighted by Gasteiger charge is -2.13. The first-order valence-corrected chi connectivity index (χ1v) is 12.0. The number of benzene rings is 3. The normalized spacial score (nSPS) is 11.4. The molecule has 0 aromatic heterocycles. The highest BCUT2D eigenvalue weighted by atomic mass is 35.5. The Labute approximate surface area is 203 Å². The fourth-order valence-electron chi connectivity index (χ4n) is 2.90. The summed E-state index contributed by atoms with van der Waals surface area (Å²) >= 11 is 5.93. The Bertz CT molecular complexity index is 1380. The first-order chi connectivity index (χ1) is 16.2. The average molecular weight is 497 g/mol. The van der Waals surface area contributed by atoms with Gasteiger partial charge in [0, 0.05) is 10.7 Å². The Balaban J connectivity index is 1.87. The average Bonchev–Trinajstić information content (AvgIpc) is 2.79. The molecule has 0 aliphatic heterocycles. The highest BCUT2D eigenvalue weighted by molar-refractivity contribution is 7.87. The molecule has 0 saturated carbocycles. The summed E-state index contributed by atoms with van der Waals surface area (Å²) in [6.45, 7) is 3.83. The van der Waals surface area contributed by atoms with Gasteiger partial charge in [0.2, 0.25) is 0 Å². The molecule has 1 amide bonds. The van der Waals surface area contributed by atoms with Gasteiger partial charge in [-0.3, -0.25) is 4.79 Å². The van der Waals surface area contributed by atoms with Crippen molar-refractivity contribution in [3.8, 4) is 17.6 Å². The molecule has 0 fully saturated rings. The summed E-state index contributed by atoms with van der Waals surface area (Å²) in [7, 11) is -4.09. The van der Waals surface area contributed by atoms with E-state index in [9.17, 15) is 18.5 Å². The van der Waals surface area contributed by atoms with Crippen LogP contribution in [0.2, 0.25) is 5.02 Å². The van der Waals surface area contributed by atoms with E-state index < -0.39 is 16.0 Å². The number of carbonyl (C=O) groups is 1. The molecule has 0 unspecified atom stereocenters. The van der Waals surface area contributed by atoms with Crippen molar-refractivity contribution < 1.29 is 22.1 Å². The molecule has 0 aliphatic rings. The second kappa shape index (κ2) is 10.9. The van der Waals surface area contributed by atoms with Crippen LogP contribution in [0.4, 0.5) is 5.69 Å². The zero-order chi connectivity index (χ0) is 24.7. The van der Waals surface area contributed by atoms with Crippen LogP contribution in [0.3, 0.4) is 0 Å². The van der Waals surface area contributed by atoms with Gasteiger partial charge in [-0.1, -0.05) is 41.4 Å². The second-order valence-corrected chi connectivity index (χ2v) is 9.11. The van der Waals surface area contributed by atoms with E-state index >= 15 is 0 Å². The first kappa shape index (κ1) is 24.8. The van der Waals surface area contributed by atoms with E-state index in [-0.39, 0.29) is 28.6 Å². The van der Waals surface area contributed by atoms with Crippen molar-refractivity contribution in [2.75, 3.05) is 11.9 Å². The molecule has 0 atom stereocenters. The Hall–Kier alpha value is -3.80. The van der Waals surface area contributed by atoms with Crippen LogP contribution in [-0.4, -0.2) is 20.9 Å². The van der Waals surface area contributed by atoms with Gasteiger partial charge in [-0.05, 0) is 68.0 Å². The molecule has 3 aromatic rings. The summed E-state index contributed by atoms with van der Waals surface area (Å²) in [6.07, 6.45) is 1.36. The third kappa shape index (κ3) is 6.38. The van der Waals surface area contributed by atoms with Crippen LogP contribution in [0.15, 0.2) is 77.2 Å². The number of aryl methyl sites for hydroxylation is 1. The van der Waals surface area contributed by atoms with Gasteiger partial charge in [-0.15, -0.1) is 0 Å². The van der Waals surface area contributed by atoms with Crippen LogP contribution in [0.5, 0.6) is 11.5 Å². The molecule has 34 heavy (non-hydrogen) atoms. The van der Waals surface area contributed by atoms with Crippen molar-refractivity contribution in [1.29, 1.82) is 5.26 Å². The number of carbonyl (C=O) groups excluding carboxylic acids is 1. The second-order valence-electron chi connectivity index (χ2n) is 7.12. The van der Waals surface area contributed by atoms with E-state index in [4.69, 9.17) is 20.5 Å². The Kier molecular flexibility index (Phi) is 7.95. The molecule has 3 rings (SSSR count). The number of amides is 1. The van der Waals surface area contributed by atoms with Crippen molar-refractivity contribution in [2.45, 2.75) is 18.7 Å². The molecule has 7 nitrogen and oxygen atoms in total. The summed E-state index contributed by atoms with van der Waals surface area (Å²) in [5.74, 6) is -0.481. The van der Waals surface area contributed by atoms with Crippen molar-refractivity contribution >= 4 is 39.4 Å². The van der Waals surface area contributed by atoms with Crippen LogP contribution in [0, 0.1) is 18.3 Å². The maximum Gasteiger partial charge on any atom is 0.339 e. The van der Waals surface area contributed by atoms with Crippen LogP contribution >= 0.6 is 11.6 Å². The molecule has 0 saturated heterocycles. The zero-order valence-electron chi connectivity index (χ0n) is 18.4. The number of nitriles is 1. The topological polar surface area (TPSA) is 105 Å². The molecule has 0 bridgehead atoms. The number of nitrogens with one attached hydrogen (secondary N) is 1. The minimum atomic E-state index is -4.09. The number of hydrogen-bond acceptors (Lipinski definition) is 6. The Morgan fingerprint density at radius 3 is 2.47 bits per heavy atom. The monoisotopic (exact) mass is 496 g/mol. The van der Waals surface area contributed by atoms with Gasteiger partial charge >= 0.3 is 10.1 Å². The number of ether oxygens (including phenoxy) is 1. The van der Waals surface area contributed by atoms with Gasteiger partial charge in [-0.25, -0.2) is 0 Å². The Morgan fingerprint density at radius 1 is 1.09 bits per heavy atom. The predicted octanol–water partition coefficient (Wildman–Crippen LogP) is 5.36. The lowest BCUT2D eigenvalue weighted by molar-refractivity contribution is -0.112. The quantitative estimate of drug-likeness (QED) is 0.255. The minimum absolute atomic E-state index is 0.00831. The van der Waals surface area contributed by atoms with Crippen molar-refractivity contribution in [3.63, 3.8) is 0 Å². The molecule has 9 heteroatoms. The smallest absolute Gasteiger partial charge is 0.339 e. The van der Waals surface area contributed by atoms with Gasteiger partial charge in [0.1, 0.15) is 16.5 Å². The zero-order valence-corrected chi connectivity index (χ0v) is 20.0. The number of halogens is 1. The van der Waals surface area contributed by atoms with E-state index in [1.54, 1.807) is 43.3 Å². The molecule has 1 N–H and O–H groups in total. The molecule has 0 spiro atoms. The molecule has 3 aromatic carbocycles. The number of rotatable bonds is 8. The van der Waals surface area contributed by atoms with Crippen LogP contribution in [-0.2, 0) is 14.9 Å². The van der Waals surface area contributed by atoms with Crippen molar-refractivity contribution in [2.24, 2.45) is 0 Å². The third-order valence-electron chi connectivity index (χ3n) is 4.54. The first-order valence-electron chi connectivity index (χ1n) is 10.2. The van der Waals surface area contributed by atoms with E-state index in [0.29, 0.717) is 16.3 Å². The standard InChI is InChI=1S/C25H21ClN2O5S/c1-3-32-24-14-18(13-19(16-27)25(29)28-21-6-4-5-20(26)15-21)9-12-23(24)33-34(30,31)22-10-7-17(2)8-11-22/h4-15H,3H2,1-2H3,(H,28,29)/b19-13+. The molecular formula is C25H21ClN2O5S. The minimum Gasteiger partial charge on any atom is -0.490 e. The fraction of sp³-hybridized carbons (Fsp3) is 0.120. The highest BCUT2D eigenvalue weighted by Crippen LogP contribution is 2.32. The van der Waals surface area contributed by atoms with Gasteiger partial charge in [-0.2, -0.15) is 13.7 Å². The maximum absolute atomic E-state index is 12.7. The van der Waals surface area contributed by atoms with Crippen molar-refractivity contribution in [1.82, 2.24) is 0 Å². The van der Waals surface area contributed by atoms with E-state index in [0.717, 1.165) is 5.56 Å². The summed E-state index contributed by atoms with van der Waals surface area (Å²) in [4.78, 5) is 12.5. The highest BCUT2D eigenvalue weighted by Gasteiger charge is 2.20. The lowest BCUT2D eigenvalue weighted by atomic mass is 10.1. The van der Waals surface area contributed by atoms with Crippen LogP contribution in [0.25, 0.3) is 6.08 Å². The molecular weight excluding hydrogens is 476 g/mol. The Morgan fingerprint density at radius 2 is 1.82 bits per heavy atom. The maximum atomic E-state index is 12.7. The summed E-state index contributed by atoms with van der Waals surface area (Å²) in [5.41, 5.74) is 1.64. The molecule has 174 valence electrons. The van der Waals surface area contributed by atoms with Crippen molar-refractivity contribution in [3.05, 3.63) is 88.5 Å².